The summed E-state index contributed by atoms with van der Waals surface area (Å²) in [6.45, 7) is 7.47. The van der Waals surface area contributed by atoms with Gasteiger partial charge < -0.3 is 4.74 Å². The zero-order valence-corrected chi connectivity index (χ0v) is 8.71. The lowest BCUT2D eigenvalue weighted by molar-refractivity contribution is 0.243. The molecule has 1 nitrogen and oxygen atoms in total. The predicted octanol–water partition coefficient (Wildman–Crippen LogP) is 3.50. The Bertz CT molecular complexity index is 233. The molecule has 0 aliphatic carbocycles. The van der Waals surface area contributed by atoms with Crippen LogP contribution >= 0.6 is 0 Å². The van der Waals surface area contributed by atoms with Gasteiger partial charge in [-0.25, -0.2) is 0 Å². The summed E-state index contributed by atoms with van der Waals surface area (Å²) in [6.07, 6.45) is 1.09. The van der Waals surface area contributed by atoms with E-state index in [4.69, 9.17) is 4.74 Å². The van der Waals surface area contributed by atoms with Crippen LogP contribution in [0.2, 0.25) is 0 Å². The molecule has 0 fully saturated rings. The molecule has 1 rings (SSSR count). The van der Waals surface area contributed by atoms with Crippen LogP contribution in [-0.2, 0) is 0 Å². The van der Waals surface area contributed by atoms with Crippen LogP contribution in [0.4, 0.5) is 0 Å². The minimum Gasteiger partial charge on any atom is -0.494 e. The van der Waals surface area contributed by atoms with Crippen LogP contribution in [0.1, 0.15) is 27.2 Å². The molecular weight excluding hydrogens is 160 g/mol. The van der Waals surface area contributed by atoms with Crippen LogP contribution in [-0.4, -0.2) is 6.61 Å². The largest absolute Gasteiger partial charge is 0.494 e. The van der Waals surface area contributed by atoms with Gasteiger partial charge in [0.1, 0.15) is 5.75 Å². The molecule has 0 heterocycles. The summed E-state index contributed by atoms with van der Waals surface area (Å²) in [4.78, 5) is 0. The number of ether oxygens (including phenoxy) is 1. The van der Waals surface area contributed by atoms with Crippen LogP contribution < -0.4 is 4.74 Å². The fraction of sp³-hybridized carbons (Fsp3) is 0.500. The third-order valence-electron chi connectivity index (χ3n) is 1.86. The van der Waals surface area contributed by atoms with Gasteiger partial charge in [-0.2, -0.15) is 0 Å². The lowest BCUT2D eigenvalue weighted by Crippen LogP contribution is -2.10. The van der Waals surface area contributed by atoms with Gasteiger partial charge in [0.05, 0.1) is 6.61 Å². The van der Waals surface area contributed by atoms with E-state index in [-0.39, 0.29) is 0 Å². The van der Waals surface area contributed by atoms with Crippen molar-refractivity contribution in [1.29, 1.82) is 0 Å². The molecule has 1 aromatic rings. The molecule has 1 heteroatoms. The quantitative estimate of drug-likeness (QED) is 0.688. The Morgan fingerprint density at radius 2 is 1.69 bits per heavy atom. The molecule has 0 unspecified atom stereocenters. The molecule has 0 radical (unpaired) electrons. The first-order valence-electron chi connectivity index (χ1n) is 4.76. The van der Waals surface area contributed by atoms with Gasteiger partial charge in [0, 0.05) is 0 Å². The summed E-state index contributed by atoms with van der Waals surface area (Å²) in [7, 11) is 0. The number of hydrogen-bond acceptors (Lipinski definition) is 1. The van der Waals surface area contributed by atoms with Gasteiger partial charge in [0.15, 0.2) is 0 Å². The lowest BCUT2D eigenvalue weighted by atomic mass is 9.93. The molecule has 0 bridgehead atoms. The van der Waals surface area contributed by atoms with E-state index in [1.165, 1.54) is 0 Å². The highest BCUT2D eigenvalue weighted by molar-refractivity contribution is 5.20. The smallest absolute Gasteiger partial charge is 0.119 e. The first-order valence-corrected chi connectivity index (χ1v) is 4.76. The van der Waals surface area contributed by atoms with E-state index in [9.17, 15) is 0 Å². The number of para-hydroxylation sites is 1. The van der Waals surface area contributed by atoms with Gasteiger partial charge in [0.25, 0.3) is 0 Å². The minimum absolute atomic E-state index is 0.356. The van der Waals surface area contributed by atoms with E-state index in [2.05, 4.69) is 20.8 Å². The third-order valence-corrected chi connectivity index (χ3v) is 1.86. The van der Waals surface area contributed by atoms with Crippen molar-refractivity contribution in [3.63, 3.8) is 0 Å². The number of hydrogen-bond donors (Lipinski definition) is 0. The normalized spacial score (nSPS) is 11.3. The molecule has 0 saturated carbocycles. The Balaban J connectivity index is 2.29. The molecule has 0 N–H and O–H groups in total. The van der Waals surface area contributed by atoms with E-state index >= 15 is 0 Å². The first kappa shape index (κ1) is 10.1. The average molecular weight is 178 g/mol. The van der Waals surface area contributed by atoms with Crippen molar-refractivity contribution >= 4 is 0 Å². The maximum Gasteiger partial charge on any atom is 0.119 e. The number of rotatable bonds is 3. The molecule has 0 amide bonds. The molecule has 0 aliphatic rings. The maximum absolute atomic E-state index is 5.58. The van der Waals surface area contributed by atoms with E-state index in [0.717, 1.165) is 18.8 Å². The van der Waals surface area contributed by atoms with E-state index in [1.54, 1.807) is 0 Å². The van der Waals surface area contributed by atoms with Gasteiger partial charge in [-0.05, 0) is 24.0 Å². The molecule has 0 aromatic heterocycles. The summed E-state index contributed by atoms with van der Waals surface area (Å²) in [5.41, 5.74) is 0.356. The minimum atomic E-state index is 0.356. The summed E-state index contributed by atoms with van der Waals surface area (Å²) >= 11 is 0. The Morgan fingerprint density at radius 1 is 1.08 bits per heavy atom. The van der Waals surface area contributed by atoms with Crippen molar-refractivity contribution in [3.8, 4) is 5.75 Å². The highest BCUT2D eigenvalue weighted by Crippen LogP contribution is 2.19. The van der Waals surface area contributed by atoms with E-state index in [0.29, 0.717) is 5.41 Å². The second-order valence-corrected chi connectivity index (χ2v) is 4.47. The second-order valence-electron chi connectivity index (χ2n) is 4.47. The van der Waals surface area contributed by atoms with Crippen LogP contribution in [0, 0.1) is 5.41 Å². The lowest BCUT2D eigenvalue weighted by Gasteiger charge is -2.17. The molecular formula is C12H18O. The molecule has 72 valence electrons. The molecule has 0 saturated heterocycles. The zero-order valence-electron chi connectivity index (χ0n) is 8.71. The van der Waals surface area contributed by atoms with Gasteiger partial charge in [-0.3, -0.25) is 0 Å². The zero-order chi connectivity index (χ0) is 9.73. The first-order chi connectivity index (χ1) is 6.08. The van der Waals surface area contributed by atoms with Crippen LogP contribution in [0.15, 0.2) is 30.3 Å². The van der Waals surface area contributed by atoms with Crippen molar-refractivity contribution in [1.82, 2.24) is 0 Å². The van der Waals surface area contributed by atoms with Crippen molar-refractivity contribution in [2.24, 2.45) is 5.41 Å². The van der Waals surface area contributed by atoms with Crippen molar-refractivity contribution < 1.29 is 4.74 Å². The summed E-state index contributed by atoms with van der Waals surface area (Å²) in [6, 6.07) is 9.96. The van der Waals surface area contributed by atoms with Gasteiger partial charge in [-0.1, -0.05) is 39.0 Å². The topological polar surface area (TPSA) is 9.23 Å². The molecule has 1 aromatic carbocycles. The Kier molecular flexibility index (Phi) is 3.35. The van der Waals surface area contributed by atoms with Gasteiger partial charge in [-0.15, -0.1) is 0 Å². The van der Waals surface area contributed by atoms with Crippen LogP contribution in [0.3, 0.4) is 0 Å². The van der Waals surface area contributed by atoms with Crippen molar-refractivity contribution in [2.45, 2.75) is 27.2 Å². The second kappa shape index (κ2) is 4.31. The fourth-order valence-corrected chi connectivity index (χ4v) is 0.992. The molecule has 0 spiro atoms. The summed E-state index contributed by atoms with van der Waals surface area (Å²) < 4.78 is 5.58. The molecule has 0 atom stereocenters. The molecule has 0 aliphatic heterocycles. The summed E-state index contributed by atoms with van der Waals surface area (Å²) in [5, 5.41) is 0. The monoisotopic (exact) mass is 178 g/mol. The van der Waals surface area contributed by atoms with Crippen LogP contribution in [0.5, 0.6) is 5.75 Å². The van der Waals surface area contributed by atoms with Crippen molar-refractivity contribution in [2.75, 3.05) is 6.61 Å². The molecule has 13 heavy (non-hydrogen) atoms. The highest BCUT2D eigenvalue weighted by Gasteiger charge is 2.09. The Labute approximate surface area is 80.7 Å². The van der Waals surface area contributed by atoms with E-state index < -0.39 is 0 Å². The summed E-state index contributed by atoms with van der Waals surface area (Å²) in [5.74, 6) is 0.965. The Morgan fingerprint density at radius 3 is 2.23 bits per heavy atom. The fourth-order valence-electron chi connectivity index (χ4n) is 0.992. The predicted molar refractivity (Wildman–Crippen MR) is 56.0 cm³/mol. The van der Waals surface area contributed by atoms with E-state index in [1.807, 2.05) is 30.3 Å². The average Bonchev–Trinajstić information content (AvgIpc) is 2.04. The van der Waals surface area contributed by atoms with Crippen molar-refractivity contribution in [3.05, 3.63) is 30.3 Å². The highest BCUT2D eigenvalue weighted by atomic mass is 16.5. The number of benzene rings is 1. The Hall–Kier alpha value is -0.980. The SMILES string of the molecule is CC(C)(C)CCOc1ccccc1. The van der Waals surface area contributed by atoms with Crippen LogP contribution in [0.25, 0.3) is 0 Å². The third kappa shape index (κ3) is 4.56. The van der Waals surface area contributed by atoms with Gasteiger partial charge in [0.2, 0.25) is 0 Å². The standard InChI is InChI=1S/C12H18O/c1-12(2,3)9-10-13-11-7-5-4-6-8-11/h4-8H,9-10H2,1-3H3. The maximum atomic E-state index is 5.58. The van der Waals surface area contributed by atoms with Gasteiger partial charge >= 0.3 is 0 Å².